The molecule has 3 fully saturated rings. The Morgan fingerprint density at radius 3 is 2.68 bits per heavy atom. The smallest absolute Gasteiger partial charge is 0.228 e. The lowest BCUT2D eigenvalue weighted by molar-refractivity contribution is -0.138. The molecule has 3 saturated heterocycles. The number of nitrogens with zero attached hydrogens (tertiary/aromatic N) is 3. The van der Waals surface area contributed by atoms with E-state index in [-0.39, 0.29) is 23.8 Å². The molecule has 3 heterocycles. The van der Waals surface area contributed by atoms with Gasteiger partial charge in [-0.2, -0.15) is 0 Å². The van der Waals surface area contributed by atoms with Crippen LogP contribution in [0.2, 0.25) is 0 Å². The fourth-order valence-corrected chi connectivity index (χ4v) is 6.00. The van der Waals surface area contributed by atoms with Crippen molar-refractivity contribution >= 4 is 11.8 Å². The highest BCUT2D eigenvalue weighted by atomic mass is 16.5. The summed E-state index contributed by atoms with van der Waals surface area (Å²) in [6.45, 7) is 4.30. The number of benzene rings is 1. The van der Waals surface area contributed by atoms with Gasteiger partial charge in [0.25, 0.3) is 0 Å². The summed E-state index contributed by atoms with van der Waals surface area (Å²) < 4.78 is 5.35. The van der Waals surface area contributed by atoms with Gasteiger partial charge in [-0.25, -0.2) is 0 Å². The number of hydrogen-bond donors (Lipinski definition) is 0. The maximum atomic E-state index is 13.8. The number of fused-ring (bicyclic) bond motifs is 1. The molecule has 0 aromatic heterocycles. The zero-order valence-corrected chi connectivity index (χ0v) is 19.0. The van der Waals surface area contributed by atoms with Crippen LogP contribution in [0, 0.1) is 11.8 Å². The molecular formula is C25H37N3O3. The van der Waals surface area contributed by atoms with E-state index in [0.717, 1.165) is 12.1 Å². The van der Waals surface area contributed by atoms with E-state index in [4.69, 9.17) is 4.74 Å². The number of hydrogen-bond acceptors (Lipinski definition) is 4. The molecule has 0 N–H and O–H groups in total. The van der Waals surface area contributed by atoms with Gasteiger partial charge in [0.1, 0.15) is 0 Å². The van der Waals surface area contributed by atoms with E-state index in [2.05, 4.69) is 4.90 Å². The summed E-state index contributed by atoms with van der Waals surface area (Å²) in [6, 6.07) is 10.4. The largest absolute Gasteiger partial charge is 0.383 e. The van der Waals surface area contributed by atoms with Gasteiger partial charge in [-0.1, -0.05) is 36.8 Å². The number of likely N-dealkylation sites (tertiary alicyclic amines) is 1. The number of carbonyl (C=O) groups is 2. The van der Waals surface area contributed by atoms with E-state index in [9.17, 15) is 9.59 Å². The molecule has 0 unspecified atom stereocenters. The van der Waals surface area contributed by atoms with Gasteiger partial charge in [-0.15, -0.1) is 0 Å². The molecule has 3 aliphatic heterocycles. The average Bonchev–Trinajstić information content (AvgIpc) is 3.11. The van der Waals surface area contributed by atoms with Crippen molar-refractivity contribution in [3.8, 4) is 0 Å². The summed E-state index contributed by atoms with van der Waals surface area (Å²) in [6.07, 6.45) is 6.52. The van der Waals surface area contributed by atoms with Crippen LogP contribution in [0.15, 0.2) is 30.3 Å². The Morgan fingerprint density at radius 2 is 1.90 bits per heavy atom. The molecule has 1 aromatic rings. The molecule has 0 aliphatic carbocycles. The lowest BCUT2D eigenvalue weighted by Crippen LogP contribution is -2.52. The summed E-state index contributed by atoms with van der Waals surface area (Å²) in [5, 5.41) is 0. The van der Waals surface area contributed by atoms with Crippen molar-refractivity contribution in [2.75, 3.05) is 46.9 Å². The number of ether oxygens (including phenoxy) is 1. The molecule has 0 spiro atoms. The third kappa shape index (κ3) is 4.80. The van der Waals surface area contributed by atoms with Crippen LogP contribution >= 0.6 is 0 Å². The minimum absolute atomic E-state index is 0.0509. The van der Waals surface area contributed by atoms with Gasteiger partial charge in [-0.05, 0) is 50.3 Å². The molecule has 4 atom stereocenters. The van der Waals surface area contributed by atoms with Crippen molar-refractivity contribution in [3.05, 3.63) is 35.9 Å². The van der Waals surface area contributed by atoms with Gasteiger partial charge >= 0.3 is 0 Å². The summed E-state index contributed by atoms with van der Waals surface area (Å²) in [7, 11) is 3.51. The van der Waals surface area contributed by atoms with Crippen molar-refractivity contribution in [1.29, 1.82) is 0 Å². The maximum absolute atomic E-state index is 13.8. The molecule has 3 aliphatic rings. The van der Waals surface area contributed by atoms with Crippen LogP contribution in [0.3, 0.4) is 0 Å². The van der Waals surface area contributed by atoms with Crippen molar-refractivity contribution in [2.24, 2.45) is 11.8 Å². The van der Waals surface area contributed by atoms with Crippen LogP contribution in [-0.4, -0.2) is 79.5 Å². The van der Waals surface area contributed by atoms with Gasteiger partial charge < -0.3 is 19.4 Å². The summed E-state index contributed by atoms with van der Waals surface area (Å²) in [5.74, 6) is 0.342. The summed E-state index contributed by atoms with van der Waals surface area (Å²) in [4.78, 5) is 32.9. The highest BCUT2D eigenvalue weighted by Gasteiger charge is 2.45. The highest BCUT2D eigenvalue weighted by Crippen LogP contribution is 2.39. The van der Waals surface area contributed by atoms with Gasteiger partial charge in [0.15, 0.2) is 0 Å². The second-order valence-electron chi connectivity index (χ2n) is 9.45. The SMILES string of the molecule is COCCN(C[C@@H]1CCCN2CCCC[C@H]12)C(=O)[C@H]1CC(=O)N(C)[C@H]1c1ccccc1. The molecule has 4 rings (SSSR count). The fourth-order valence-electron chi connectivity index (χ4n) is 6.00. The first-order valence-corrected chi connectivity index (χ1v) is 11.9. The van der Waals surface area contributed by atoms with E-state index in [0.29, 0.717) is 31.5 Å². The summed E-state index contributed by atoms with van der Waals surface area (Å²) in [5.41, 5.74) is 1.04. The number of rotatable bonds is 7. The lowest BCUT2D eigenvalue weighted by atomic mass is 9.83. The quantitative estimate of drug-likeness (QED) is 0.671. The number of amides is 2. The van der Waals surface area contributed by atoms with Crippen LogP contribution in [0.4, 0.5) is 0 Å². The van der Waals surface area contributed by atoms with Crippen LogP contribution < -0.4 is 0 Å². The molecular weight excluding hydrogens is 390 g/mol. The lowest BCUT2D eigenvalue weighted by Gasteiger charge is -2.46. The fraction of sp³-hybridized carbons (Fsp3) is 0.680. The Labute approximate surface area is 186 Å². The Balaban J connectivity index is 1.53. The average molecular weight is 428 g/mol. The molecule has 1 aromatic carbocycles. The predicted molar refractivity (Wildman–Crippen MR) is 120 cm³/mol. The number of carbonyl (C=O) groups excluding carboxylic acids is 2. The minimum Gasteiger partial charge on any atom is -0.383 e. The monoisotopic (exact) mass is 427 g/mol. The van der Waals surface area contributed by atoms with E-state index < -0.39 is 0 Å². The Bertz CT molecular complexity index is 754. The molecule has 31 heavy (non-hydrogen) atoms. The first kappa shape index (κ1) is 22.3. The first-order chi connectivity index (χ1) is 15.1. The Morgan fingerprint density at radius 1 is 1.13 bits per heavy atom. The van der Waals surface area contributed by atoms with Gasteiger partial charge in [0.05, 0.1) is 18.6 Å². The van der Waals surface area contributed by atoms with E-state index in [1.54, 1.807) is 12.0 Å². The zero-order chi connectivity index (χ0) is 21.8. The maximum Gasteiger partial charge on any atom is 0.228 e. The normalized spacial score (nSPS) is 29.1. The Hall–Kier alpha value is -1.92. The molecule has 0 radical (unpaired) electrons. The third-order valence-corrected chi connectivity index (χ3v) is 7.61. The van der Waals surface area contributed by atoms with Crippen LogP contribution in [-0.2, 0) is 14.3 Å². The first-order valence-electron chi connectivity index (χ1n) is 11.9. The molecule has 0 saturated carbocycles. The van der Waals surface area contributed by atoms with E-state index in [1.165, 1.54) is 45.2 Å². The molecule has 170 valence electrons. The molecule has 6 nitrogen and oxygen atoms in total. The minimum atomic E-state index is -0.331. The number of piperidine rings is 2. The van der Waals surface area contributed by atoms with E-state index >= 15 is 0 Å². The molecule has 0 bridgehead atoms. The van der Waals surface area contributed by atoms with Crippen molar-refractivity contribution in [2.45, 2.75) is 50.6 Å². The van der Waals surface area contributed by atoms with E-state index in [1.807, 2.05) is 42.3 Å². The van der Waals surface area contributed by atoms with Crippen LogP contribution in [0.1, 0.15) is 50.1 Å². The number of methoxy groups -OCH3 is 1. The van der Waals surface area contributed by atoms with Gasteiger partial charge in [0, 0.05) is 39.7 Å². The van der Waals surface area contributed by atoms with Gasteiger partial charge in [0.2, 0.25) is 11.8 Å². The van der Waals surface area contributed by atoms with Crippen LogP contribution in [0.5, 0.6) is 0 Å². The highest BCUT2D eigenvalue weighted by molar-refractivity contribution is 5.90. The molecule has 2 amide bonds. The second kappa shape index (κ2) is 10.1. The second-order valence-corrected chi connectivity index (χ2v) is 9.45. The molecule has 6 heteroatoms. The topological polar surface area (TPSA) is 53.1 Å². The van der Waals surface area contributed by atoms with Crippen LogP contribution in [0.25, 0.3) is 0 Å². The van der Waals surface area contributed by atoms with Gasteiger partial charge in [-0.3, -0.25) is 9.59 Å². The summed E-state index contributed by atoms with van der Waals surface area (Å²) >= 11 is 0. The predicted octanol–water partition coefficient (Wildman–Crippen LogP) is 2.95. The Kier molecular flexibility index (Phi) is 7.28. The van der Waals surface area contributed by atoms with Crippen molar-refractivity contribution in [3.63, 3.8) is 0 Å². The third-order valence-electron chi connectivity index (χ3n) is 7.61. The standard InChI is InChI=1S/C25H37N3O3/c1-26-23(29)17-21(24(26)19-9-4-3-5-10-19)25(30)28(15-16-31-2)18-20-11-8-14-27-13-7-6-12-22(20)27/h3-5,9-10,20-22,24H,6-8,11-18H2,1-2H3/t20-,21-,22+,24-/m0/s1. The van der Waals surface area contributed by atoms with Crippen molar-refractivity contribution in [1.82, 2.24) is 14.7 Å². The van der Waals surface area contributed by atoms with Crippen molar-refractivity contribution < 1.29 is 14.3 Å². The zero-order valence-electron chi connectivity index (χ0n) is 19.0.